The van der Waals surface area contributed by atoms with Crippen LogP contribution < -0.4 is 5.32 Å². The first-order valence-corrected chi connectivity index (χ1v) is 10.8. The highest BCUT2D eigenvalue weighted by molar-refractivity contribution is 8.01. The molecule has 7 heteroatoms. The standard InChI is InChI=1S/C18H23N3OS3/c1-12-7-6-10-15(13(12)2)19-16(22)11-24-17-20-21(18(23)25-17)14-8-4-3-5-9-14/h3-5,8-9,12-13,15H,6-7,10-11H2,1-2H3,(H,19,22)/t12-,13+,15+/m1/s1. The van der Waals surface area contributed by atoms with Crippen molar-refractivity contribution in [1.29, 1.82) is 0 Å². The van der Waals surface area contributed by atoms with Crippen LogP contribution >= 0.6 is 35.3 Å². The van der Waals surface area contributed by atoms with Gasteiger partial charge >= 0.3 is 0 Å². The molecule has 0 spiro atoms. The zero-order valence-electron chi connectivity index (χ0n) is 14.5. The molecule has 1 aromatic carbocycles. The Labute approximate surface area is 162 Å². The number of nitrogens with zero attached hydrogens (tertiary/aromatic N) is 2. The average Bonchev–Trinajstić information content (AvgIpc) is 2.99. The zero-order chi connectivity index (χ0) is 17.8. The molecule has 1 aliphatic carbocycles. The molecular formula is C18H23N3OS3. The Bertz CT molecular complexity index is 771. The van der Waals surface area contributed by atoms with Gasteiger partial charge in [0.1, 0.15) is 0 Å². The molecular weight excluding hydrogens is 370 g/mol. The SMILES string of the molecule is C[C@H]1[C@H](C)CCC[C@@H]1NC(=O)CSc1nn(-c2ccccc2)c(=S)s1. The largest absolute Gasteiger partial charge is 0.352 e. The van der Waals surface area contributed by atoms with Crippen LogP contribution in [0.3, 0.4) is 0 Å². The number of para-hydroxylation sites is 1. The van der Waals surface area contributed by atoms with Crippen molar-refractivity contribution in [2.24, 2.45) is 11.8 Å². The van der Waals surface area contributed by atoms with Crippen LogP contribution in [0.25, 0.3) is 5.69 Å². The van der Waals surface area contributed by atoms with Gasteiger partial charge in [-0.3, -0.25) is 4.79 Å². The Hall–Kier alpha value is -1.18. The third-order valence-corrected chi connectivity index (χ3v) is 7.28. The number of carbonyl (C=O) groups excluding carboxylic acids is 1. The van der Waals surface area contributed by atoms with Gasteiger partial charge in [-0.2, -0.15) is 0 Å². The normalized spacial score (nSPS) is 23.4. The van der Waals surface area contributed by atoms with E-state index in [1.165, 1.54) is 35.9 Å². The van der Waals surface area contributed by atoms with E-state index in [9.17, 15) is 4.79 Å². The lowest BCUT2D eigenvalue weighted by Gasteiger charge is -2.34. The van der Waals surface area contributed by atoms with Crippen LogP contribution in [0, 0.1) is 15.8 Å². The van der Waals surface area contributed by atoms with E-state index in [1.54, 1.807) is 4.68 Å². The van der Waals surface area contributed by atoms with Crippen molar-refractivity contribution in [3.8, 4) is 5.69 Å². The fourth-order valence-electron chi connectivity index (χ4n) is 3.21. The number of hydrogen-bond donors (Lipinski definition) is 1. The maximum Gasteiger partial charge on any atom is 0.230 e. The smallest absolute Gasteiger partial charge is 0.230 e. The van der Waals surface area contributed by atoms with E-state index in [0.29, 0.717) is 27.6 Å². The molecule has 4 nitrogen and oxygen atoms in total. The highest BCUT2D eigenvalue weighted by Crippen LogP contribution is 2.30. The Morgan fingerprint density at radius 3 is 2.88 bits per heavy atom. The number of benzene rings is 1. The molecule has 0 bridgehead atoms. The van der Waals surface area contributed by atoms with E-state index in [1.807, 2.05) is 30.3 Å². The molecule has 1 fully saturated rings. The van der Waals surface area contributed by atoms with Crippen LogP contribution in [0.15, 0.2) is 34.7 Å². The van der Waals surface area contributed by atoms with Crippen LogP contribution in [0.2, 0.25) is 0 Å². The molecule has 134 valence electrons. The van der Waals surface area contributed by atoms with Gasteiger partial charge in [-0.15, -0.1) is 5.10 Å². The van der Waals surface area contributed by atoms with Crippen molar-refractivity contribution >= 4 is 41.2 Å². The average molecular weight is 394 g/mol. The van der Waals surface area contributed by atoms with Crippen molar-refractivity contribution in [3.05, 3.63) is 34.3 Å². The van der Waals surface area contributed by atoms with E-state index in [0.717, 1.165) is 16.4 Å². The van der Waals surface area contributed by atoms with Gasteiger partial charge in [-0.1, -0.05) is 68.0 Å². The first kappa shape index (κ1) is 18.6. The van der Waals surface area contributed by atoms with Gasteiger partial charge in [0.05, 0.1) is 11.4 Å². The maximum absolute atomic E-state index is 12.3. The van der Waals surface area contributed by atoms with Crippen LogP contribution in [0.1, 0.15) is 33.1 Å². The quantitative estimate of drug-likeness (QED) is 0.591. The third-order valence-electron chi connectivity index (χ3n) is 4.91. The van der Waals surface area contributed by atoms with Crippen LogP contribution in [-0.4, -0.2) is 27.5 Å². The molecule has 25 heavy (non-hydrogen) atoms. The van der Waals surface area contributed by atoms with Crippen molar-refractivity contribution in [2.45, 2.75) is 43.5 Å². The number of thioether (sulfide) groups is 1. The molecule has 2 aromatic rings. The summed E-state index contributed by atoms with van der Waals surface area (Å²) < 4.78 is 3.28. The minimum Gasteiger partial charge on any atom is -0.352 e. The number of hydrogen-bond acceptors (Lipinski definition) is 5. The Balaban J connectivity index is 1.57. The molecule has 0 radical (unpaired) electrons. The summed E-state index contributed by atoms with van der Waals surface area (Å²) in [6, 6.07) is 10.1. The van der Waals surface area contributed by atoms with E-state index >= 15 is 0 Å². The number of rotatable bonds is 5. The predicted octanol–water partition coefficient (Wildman–Crippen LogP) is 4.70. The topological polar surface area (TPSA) is 46.9 Å². The van der Waals surface area contributed by atoms with Gasteiger partial charge in [0.15, 0.2) is 8.29 Å². The van der Waals surface area contributed by atoms with Crippen LogP contribution in [0.5, 0.6) is 0 Å². The summed E-state index contributed by atoms with van der Waals surface area (Å²) >= 11 is 8.30. The summed E-state index contributed by atoms with van der Waals surface area (Å²) in [5, 5.41) is 7.75. The van der Waals surface area contributed by atoms with Gasteiger partial charge in [-0.05, 0) is 42.6 Å². The Morgan fingerprint density at radius 2 is 2.12 bits per heavy atom. The molecule has 0 saturated heterocycles. The Morgan fingerprint density at radius 1 is 1.36 bits per heavy atom. The van der Waals surface area contributed by atoms with E-state index in [4.69, 9.17) is 12.2 Å². The second-order valence-corrected chi connectivity index (χ2v) is 9.46. The number of nitrogens with one attached hydrogen (secondary N) is 1. The Kier molecular flexibility index (Phi) is 6.30. The highest BCUT2D eigenvalue weighted by atomic mass is 32.2. The summed E-state index contributed by atoms with van der Waals surface area (Å²) in [6.07, 6.45) is 3.55. The fraction of sp³-hybridized carbons (Fsp3) is 0.500. The second kappa shape index (κ2) is 8.47. The fourth-order valence-corrected chi connectivity index (χ4v) is 5.39. The van der Waals surface area contributed by atoms with Crippen LogP contribution in [0.4, 0.5) is 0 Å². The minimum absolute atomic E-state index is 0.0864. The maximum atomic E-state index is 12.3. The molecule has 1 heterocycles. The molecule has 0 aliphatic heterocycles. The summed E-state index contributed by atoms with van der Waals surface area (Å²) in [7, 11) is 0. The lowest BCUT2D eigenvalue weighted by molar-refractivity contribution is -0.119. The molecule has 1 aliphatic rings. The summed E-state index contributed by atoms with van der Waals surface area (Å²) in [5.41, 5.74) is 0.949. The van der Waals surface area contributed by atoms with Crippen molar-refractivity contribution in [3.63, 3.8) is 0 Å². The van der Waals surface area contributed by atoms with Gasteiger partial charge in [0.2, 0.25) is 5.91 Å². The molecule has 1 saturated carbocycles. The number of carbonyl (C=O) groups is 1. The van der Waals surface area contributed by atoms with E-state index in [-0.39, 0.29) is 5.91 Å². The molecule has 1 aromatic heterocycles. The van der Waals surface area contributed by atoms with E-state index < -0.39 is 0 Å². The lowest BCUT2D eigenvalue weighted by Crippen LogP contribution is -2.44. The summed E-state index contributed by atoms with van der Waals surface area (Å²) in [6.45, 7) is 4.52. The van der Waals surface area contributed by atoms with Crippen LogP contribution in [-0.2, 0) is 4.79 Å². The number of aromatic nitrogens is 2. The third kappa shape index (κ3) is 4.71. The van der Waals surface area contributed by atoms with Crippen molar-refractivity contribution < 1.29 is 4.79 Å². The van der Waals surface area contributed by atoms with Gasteiger partial charge in [0, 0.05) is 6.04 Å². The monoisotopic (exact) mass is 393 g/mol. The van der Waals surface area contributed by atoms with Gasteiger partial charge in [0.25, 0.3) is 0 Å². The molecule has 1 amide bonds. The summed E-state index contributed by atoms with van der Waals surface area (Å²) in [5.74, 6) is 1.69. The lowest BCUT2D eigenvalue weighted by atomic mass is 9.78. The highest BCUT2D eigenvalue weighted by Gasteiger charge is 2.28. The second-order valence-electron chi connectivity index (χ2n) is 6.61. The summed E-state index contributed by atoms with van der Waals surface area (Å²) in [4.78, 5) is 12.3. The minimum atomic E-state index is 0.0864. The van der Waals surface area contributed by atoms with Gasteiger partial charge < -0.3 is 5.32 Å². The van der Waals surface area contributed by atoms with E-state index in [2.05, 4.69) is 24.3 Å². The molecule has 0 unspecified atom stereocenters. The zero-order valence-corrected chi connectivity index (χ0v) is 16.9. The predicted molar refractivity (Wildman–Crippen MR) is 107 cm³/mol. The van der Waals surface area contributed by atoms with Crippen molar-refractivity contribution in [1.82, 2.24) is 15.1 Å². The van der Waals surface area contributed by atoms with Gasteiger partial charge in [-0.25, -0.2) is 4.68 Å². The molecule has 1 N–H and O–H groups in total. The molecule has 3 rings (SSSR count). The molecule has 3 atom stereocenters. The first-order chi connectivity index (χ1) is 12.0. The first-order valence-electron chi connectivity index (χ1n) is 8.62. The van der Waals surface area contributed by atoms with Crippen molar-refractivity contribution in [2.75, 3.05) is 5.75 Å². The number of amides is 1.